The number of aryl methyl sites for hydroxylation is 1. The zero-order chi connectivity index (χ0) is 15.8. The van der Waals surface area contributed by atoms with Crippen molar-refractivity contribution in [3.8, 4) is 0 Å². The minimum Gasteiger partial charge on any atom is -0.345 e. The average molecular weight is 310 g/mol. The van der Waals surface area contributed by atoms with Crippen LogP contribution in [0, 0.1) is 0 Å². The van der Waals surface area contributed by atoms with E-state index in [-0.39, 0.29) is 24.3 Å². The van der Waals surface area contributed by atoms with Gasteiger partial charge in [-0.1, -0.05) is 18.2 Å². The number of hydrogen-bond acceptors (Lipinski definition) is 3. The molecule has 0 radical (unpaired) electrons. The number of anilines is 1. The summed E-state index contributed by atoms with van der Waals surface area (Å²) in [5.41, 5.74) is 1.55. The molecule has 2 aromatic rings. The van der Waals surface area contributed by atoms with Gasteiger partial charge < -0.3 is 15.2 Å². The summed E-state index contributed by atoms with van der Waals surface area (Å²) in [5, 5.41) is 5.80. The summed E-state index contributed by atoms with van der Waals surface area (Å²) in [7, 11) is 0. The second-order valence-corrected chi connectivity index (χ2v) is 6.03. The lowest BCUT2D eigenvalue weighted by molar-refractivity contribution is -0.116. The lowest BCUT2D eigenvalue weighted by Gasteiger charge is -2.17. The van der Waals surface area contributed by atoms with E-state index in [1.54, 1.807) is 12.3 Å². The van der Waals surface area contributed by atoms with Crippen LogP contribution in [0.3, 0.4) is 0 Å². The summed E-state index contributed by atoms with van der Waals surface area (Å²) in [4.78, 5) is 28.6. The Labute approximate surface area is 133 Å². The largest absolute Gasteiger partial charge is 0.345 e. The molecule has 6 nitrogen and oxygen atoms in total. The third kappa shape index (κ3) is 2.50. The van der Waals surface area contributed by atoms with Crippen LogP contribution in [0.1, 0.15) is 47.1 Å². The van der Waals surface area contributed by atoms with Crippen molar-refractivity contribution in [1.82, 2.24) is 14.9 Å². The van der Waals surface area contributed by atoms with E-state index >= 15 is 0 Å². The number of imidazole rings is 1. The molecule has 0 saturated carbocycles. The molecule has 0 spiro atoms. The van der Waals surface area contributed by atoms with E-state index < -0.39 is 0 Å². The quantitative estimate of drug-likeness (QED) is 0.911. The van der Waals surface area contributed by atoms with Gasteiger partial charge in [0.05, 0.1) is 18.7 Å². The van der Waals surface area contributed by atoms with Crippen molar-refractivity contribution in [1.29, 1.82) is 0 Å². The van der Waals surface area contributed by atoms with E-state index in [1.165, 1.54) is 0 Å². The molecule has 2 aliphatic heterocycles. The molecule has 1 aromatic heterocycles. The zero-order valence-electron chi connectivity index (χ0n) is 12.7. The summed E-state index contributed by atoms with van der Waals surface area (Å²) in [6.07, 6.45) is 5.17. The van der Waals surface area contributed by atoms with Gasteiger partial charge in [-0.05, 0) is 24.5 Å². The highest BCUT2D eigenvalue weighted by atomic mass is 16.2. The van der Waals surface area contributed by atoms with E-state index in [4.69, 9.17) is 0 Å². The average Bonchev–Trinajstić information content (AvgIpc) is 3.10. The first kappa shape index (κ1) is 14.0. The maximum Gasteiger partial charge on any atom is 0.252 e. The number of fused-ring (bicyclic) bond motifs is 2. The minimum absolute atomic E-state index is 0.111. The van der Waals surface area contributed by atoms with Gasteiger partial charge in [0, 0.05) is 18.5 Å². The predicted molar refractivity (Wildman–Crippen MR) is 85.1 cm³/mol. The van der Waals surface area contributed by atoms with Crippen molar-refractivity contribution in [3.63, 3.8) is 0 Å². The minimum atomic E-state index is -0.262. The predicted octanol–water partition coefficient (Wildman–Crippen LogP) is 2.03. The first-order valence-electron chi connectivity index (χ1n) is 7.96. The van der Waals surface area contributed by atoms with E-state index in [0.29, 0.717) is 5.56 Å². The molecule has 118 valence electrons. The molecule has 0 bridgehead atoms. The third-order valence-electron chi connectivity index (χ3n) is 4.51. The fourth-order valence-corrected chi connectivity index (χ4v) is 3.38. The van der Waals surface area contributed by atoms with Gasteiger partial charge in [0.15, 0.2) is 0 Å². The van der Waals surface area contributed by atoms with Crippen LogP contribution in [0.25, 0.3) is 0 Å². The highest BCUT2D eigenvalue weighted by Crippen LogP contribution is 2.28. The zero-order valence-corrected chi connectivity index (χ0v) is 12.7. The number of nitrogens with zero attached hydrogens (tertiary/aromatic N) is 2. The van der Waals surface area contributed by atoms with Gasteiger partial charge in [0.2, 0.25) is 5.91 Å². The molecule has 2 aliphatic rings. The third-order valence-corrected chi connectivity index (χ3v) is 4.51. The normalized spacial score (nSPS) is 19.0. The molecular weight excluding hydrogens is 292 g/mol. The summed E-state index contributed by atoms with van der Waals surface area (Å²) in [6, 6.07) is 7.14. The molecule has 0 fully saturated rings. The van der Waals surface area contributed by atoms with Crippen LogP contribution in [0.5, 0.6) is 0 Å². The topological polar surface area (TPSA) is 76.0 Å². The fourth-order valence-electron chi connectivity index (χ4n) is 3.38. The monoisotopic (exact) mass is 310 g/mol. The van der Waals surface area contributed by atoms with Crippen molar-refractivity contribution < 1.29 is 9.59 Å². The number of carbonyl (C=O) groups excluding carboxylic acids is 2. The van der Waals surface area contributed by atoms with Crippen LogP contribution in [0.2, 0.25) is 0 Å². The second-order valence-electron chi connectivity index (χ2n) is 6.03. The number of hydrogen-bond donors (Lipinski definition) is 2. The summed E-state index contributed by atoms with van der Waals surface area (Å²) in [5.74, 6) is 1.56. The van der Waals surface area contributed by atoms with E-state index in [2.05, 4.69) is 20.2 Å². The molecule has 0 saturated heterocycles. The summed E-state index contributed by atoms with van der Waals surface area (Å²) < 4.78 is 2.07. The molecule has 4 rings (SSSR count). The van der Waals surface area contributed by atoms with E-state index in [0.717, 1.165) is 43.0 Å². The molecule has 2 amide bonds. The smallest absolute Gasteiger partial charge is 0.252 e. The van der Waals surface area contributed by atoms with Crippen molar-refractivity contribution in [3.05, 3.63) is 47.4 Å². The highest BCUT2D eigenvalue weighted by Gasteiger charge is 2.29. The van der Waals surface area contributed by atoms with Gasteiger partial charge in [-0.2, -0.15) is 0 Å². The number of amides is 2. The number of benzene rings is 1. The Kier molecular flexibility index (Phi) is 3.37. The van der Waals surface area contributed by atoms with Crippen molar-refractivity contribution in [2.75, 3.05) is 5.32 Å². The number of nitrogens with one attached hydrogen (secondary N) is 2. The van der Waals surface area contributed by atoms with Gasteiger partial charge in [-0.15, -0.1) is 0 Å². The van der Waals surface area contributed by atoms with Gasteiger partial charge in [-0.25, -0.2) is 4.98 Å². The maximum atomic E-state index is 12.4. The molecule has 23 heavy (non-hydrogen) atoms. The first-order chi connectivity index (χ1) is 11.2. The van der Waals surface area contributed by atoms with Gasteiger partial charge in [0.25, 0.3) is 5.91 Å². The molecule has 0 aliphatic carbocycles. The standard InChI is InChI=1S/C17H18N4O2/c22-16(20-15-10-18-14-7-3-4-8-21(14)15)9-13-11-5-1-2-6-12(11)17(23)19-13/h1-2,5-6,10,13H,3-4,7-9H2,(H,19,23)(H,20,22)/t13-/m0/s1. The maximum absolute atomic E-state index is 12.4. The van der Waals surface area contributed by atoms with Gasteiger partial charge in [-0.3, -0.25) is 9.59 Å². The SMILES string of the molecule is O=C(C[C@@H]1NC(=O)c2ccccc21)Nc1cnc2n1CCCC2. The van der Waals surface area contributed by atoms with Gasteiger partial charge in [0.1, 0.15) is 11.6 Å². The van der Waals surface area contributed by atoms with Gasteiger partial charge >= 0.3 is 0 Å². The van der Waals surface area contributed by atoms with Crippen LogP contribution in [0.15, 0.2) is 30.5 Å². The van der Waals surface area contributed by atoms with Crippen LogP contribution < -0.4 is 10.6 Å². The Morgan fingerprint density at radius 2 is 2.22 bits per heavy atom. The van der Waals surface area contributed by atoms with Crippen LogP contribution in [0.4, 0.5) is 5.82 Å². The number of rotatable bonds is 3. The van der Waals surface area contributed by atoms with Crippen LogP contribution in [-0.2, 0) is 17.8 Å². The Bertz CT molecular complexity index is 781. The van der Waals surface area contributed by atoms with Crippen molar-refractivity contribution in [2.24, 2.45) is 0 Å². The van der Waals surface area contributed by atoms with E-state index in [9.17, 15) is 9.59 Å². The van der Waals surface area contributed by atoms with Crippen molar-refractivity contribution in [2.45, 2.75) is 38.3 Å². The van der Waals surface area contributed by atoms with Crippen molar-refractivity contribution >= 4 is 17.6 Å². The lowest BCUT2D eigenvalue weighted by atomic mass is 10.0. The Morgan fingerprint density at radius 1 is 1.35 bits per heavy atom. The van der Waals surface area contributed by atoms with E-state index in [1.807, 2.05) is 18.2 Å². The number of carbonyl (C=O) groups is 2. The molecule has 2 N–H and O–H groups in total. The Balaban J connectivity index is 1.47. The summed E-state index contributed by atoms with van der Waals surface area (Å²) >= 11 is 0. The second kappa shape index (κ2) is 5.53. The Morgan fingerprint density at radius 3 is 3.13 bits per heavy atom. The molecule has 1 atom stereocenters. The fraction of sp³-hybridized carbons (Fsp3) is 0.353. The molecule has 3 heterocycles. The molecule has 1 aromatic carbocycles. The van der Waals surface area contributed by atoms with Crippen LogP contribution >= 0.6 is 0 Å². The lowest BCUT2D eigenvalue weighted by Crippen LogP contribution is -2.25. The summed E-state index contributed by atoms with van der Waals surface area (Å²) in [6.45, 7) is 0.897. The molecular formula is C17H18N4O2. The number of aromatic nitrogens is 2. The molecule has 0 unspecified atom stereocenters. The first-order valence-corrected chi connectivity index (χ1v) is 7.96. The van der Waals surface area contributed by atoms with Crippen LogP contribution in [-0.4, -0.2) is 21.4 Å². The highest BCUT2D eigenvalue weighted by molar-refractivity contribution is 6.00. The Hall–Kier alpha value is -2.63. The molecule has 6 heteroatoms.